The van der Waals surface area contributed by atoms with E-state index in [2.05, 4.69) is 15.9 Å². The molecule has 0 fully saturated rings. The van der Waals surface area contributed by atoms with Gasteiger partial charge in [0.25, 0.3) is 0 Å². The van der Waals surface area contributed by atoms with E-state index in [1.165, 1.54) is 6.07 Å². The van der Waals surface area contributed by atoms with Crippen LogP contribution < -0.4 is 5.73 Å². The van der Waals surface area contributed by atoms with Crippen LogP contribution in [-0.2, 0) is 0 Å². The van der Waals surface area contributed by atoms with Crippen LogP contribution in [0.4, 0.5) is 4.39 Å². The molecule has 0 aromatic heterocycles. The lowest BCUT2D eigenvalue weighted by atomic mass is 10.1. The zero-order valence-electron chi connectivity index (χ0n) is 6.85. The fourth-order valence-electron chi connectivity index (χ4n) is 1.02. The standard InChI is InChI=1S/C9H11BrFN/c1-2-9(12)7-4-3-6(10)5-8(7)11/h3-5,9H,2,12H2,1H3/t9-/m1/s1. The number of hydrogen-bond acceptors (Lipinski definition) is 1. The van der Waals surface area contributed by atoms with E-state index in [1.54, 1.807) is 12.1 Å². The van der Waals surface area contributed by atoms with Gasteiger partial charge in [0.15, 0.2) is 0 Å². The summed E-state index contributed by atoms with van der Waals surface area (Å²) in [5.74, 6) is -0.237. The first kappa shape index (κ1) is 9.68. The van der Waals surface area contributed by atoms with Crippen LogP contribution in [0.3, 0.4) is 0 Å². The highest BCUT2D eigenvalue weighted by molar-refractivity contribution is 9.10. The van der Waals surface area contributed by atoms with Crippen molar-refractivity contribution in [3.05, 3.63) is 34.1 Å². The Bertz CT molecular complexity index is 275. The molecule has 0 saturated carbocycles. The van der Waals surface area contributed by atoms with Crippen molar-refractivity contribution in [2.75, 3.05) is 0 Å². The third kappa shape index (κ3) is 2.05. The van der Waals surface area contributed by atoms with Crippen LogP contribution in [0.2, 0.25) is 0 Å². The second-order valence-corrected chi connectivity index (χ2v) is 3.60. The molecule has 1 aromatic carbocycles. The minimum Gasteiger partial charge on any atom is -0.324 e. The average Bonchev–Trinajstić information content (AvgIpc) is 2.03. The van der Waals surface area contributed by atoms with Gasteiger partial charge in [-0.15, -0.1) is 0 Å². The van der Waals surface area contributed by atoms with Crippen molar-refractivity contribution in [1.29, 1.82) is 0 Å². The second-order valence-electron chi connectivity index (χ2n) is 2.68. The quantitative estimate of drug-likeness (QED) is 0.833. The molecular weight excluding hydrogens is 221 g/mol. The van der Waals surface area contributed by atoms with Crippen molar-refractivity contribution in [3.63, 3.8) is 0 Å². The van der Waals surface area contributed by atoms with Gasteiger partial charge in [0.05, 0.1) is 0 Å². The fraction of sp³-hybridized carbons (Fsp3) is 0.333. The predicted octanol–water partition coefficient (Wildman–Crippen LogP) is 3.00. The van der Waals surface area contributed by atoms with Gasteiger partial charge in [0, 0.05) is 16.1 Å². The lowest BCUT2D eigenvalue weighted by Crippen LogP contribution is -2.10. The lowest BCUT2D eigenvalue weighted by Gasteiger charge is -2.09. The monoisotopic (exact) mass is 231 g/mol. The molecule has 2 N–H and O–H groups in total. The Hall–Kier alpha value is -0.410. The Morgan fingerprint density at radius 2 is 2.25 bits per heavy atom. The number of nitrogens with two attached hydrogens (primary N) is 1. The van der Waals surface area contributed by atoms with E-state index >= 15 is 0 Å². The van der Waals surface area contributed by atoms with E-state index in [-0.39, 0.29) is 11.9 Å². The highest BCUT2D eigenvalue weighted by atomic mass is 79.9. The maximum atomic E-state index is 13.2. The summed E-state index contributed by atoms with van der Waals surface area (Å²) in [5, 5.41) is 0. The third-order valence-corrected chi connectivity index (χ3v) is 2.30. The molecule has 0 aliphatic rings. The lowest BCUT2D eigenvalue weighted by molar-refractivity contribution is 0.574. The summed E-state index contributed by atoms with van der Waals surface area (Å²) in [6.45, 7) is 1.94. The summed E-state index contributed by atoms with van der Waals surface area (Å²) in [5.41, 5.74) is 6.27. The van der Waals surface area contributed by atoms with E-state index in [1.807, 2.05) is 6.92 Å². The molecule has 1 aromatic rings. The van der Waals surface area contributed by atoms with Gasteiger partial charge in [-0.2, -0.15) is 0 Å². The van der Waals surface area contributed by atoms with Crippen LogP contribution in [0.15, 0.2) is 22.7 Å². The van der Waals surface area contributed by atoms with E-state index in [4.69, 9.17) is 5.73 Å². The Morgan fingerprint density at radius 3 is 2.75 bits per heavy atom. The summed E-state index contributed by atoms with van der Waals surface area (Å²) < 4.78 is 13.9. The van der Waals surface area contributed by atoms with E-state index in [0.29, 0.717) is 5.56 Å². The number of rotatable bonds is 2. The van der Waals surface area contributed by atoms with E-state index in [9.17, 15) is 4.39 Å². The Kier molecular flexibility index (Phi) is 3.23. The van der Waals surface area contributed by atoms with Gasteiger partial charge in [-0.25, -0.2) is 4.39 Å². The number of hydrogen-bond donors (Lipinski definition) is 1. The molecule has 0 aliphatic heterocycles. The molecule has 3 heteroatoms. The Balaban J connectivity index is 3.01. The van der Waals surface area contributed by atoms with Crippen molar-refractivity contribution in [3.8, 4) is 0 Å². The van der Waals surface area contributed by atoms with Crippen molar-refractivity contribution in [2.45, 2.75) is 19.4 Å². The van der Waals surface area contributed by atoms with Gasteiger partial charge in [0.2, 0.25) is 0 Å². The molecular formula is C9H11BrFN. The molecule has 0 radical (unpaired) electrons. The van der Waals surface area contributed by atoms with Crippen molar-refractivity contribution in [1.82, 2.24) is 0 Å². The summed E-state index contributed by atoms with van der Waals surface area (Å²) in [6, 6.07) is 4.75. The molecule has 1 nitrogen and oxygen atoms in total. The first-order chi connectivity index (χ1) is 5.65. The maximum Gasteiger partial charge on any atom is 0.129 e. The molecule has 0 unspecified atom stereocenters. The average molecular weight is 232 g/mol. The topological polar surface area (TPSA) is 26.0 Å². The van der Waals surface area contributed by atoms with Gasteiger partial charge < -0.3 is 5.73 Å². The highest BCUT2D eigenvalue weighted by Gasteiger charge is 2.08. The van der Waals surface area contributed by atoms with Gasteiger partial charge >= 0.3 is 0 Å². The summed E-state index contributed by atoms with van der Waals surface area (Å²) in [4.78, 5) is 0. The smallest absolute Gasteiger partial charge is 0.129 e. The zero-order chi connectivity index (χ0) is 9.14. The molecule has 0 saturated heterocycles. The van der Waals surface area contributed by atoms with Crippen LogP contribution in [0.25, 0.3) is 0 Å². The minimum absolute atomic E-state index is 0.196. The van der Waals surface area contributed by atoms with Gasteiger partial charge in [-0.1, -0.05) is 28.9 Å². The van der Waals surface area contributed by atoms with Crippen LogP contribution in [0, 0.1) is 5.82 Å². The first-order valence-corrected chi connectivity index (χ1v) is 4.65. The van der Waals surface area contributed by atoms with Crippen molar-refractivity contribution in [2.24, 2.45) is 5.73 Å². The maximum absolute atomic E-state index is 13.2. The summed E-state index contributed by atoms with van der Waals surface area (Å²) in [6.07, 6.45) is 0.749. The van der Waals surface area contributed by atoms with Crippen LogP contribution in [-0.4, -0.2) is 0 Å². The van der Waals surface area contributed by atoms with Crippen molar-refractivity contribution >= 4 is 15.9 Å². The Labute approximate surface area is 79.9 Å². The largest absolute Gasteiger partial charge is 0.324 e. The van der Waals surface area contributed by atoms with Gasteiger partial charge in [-0.05, 0) is 18.6 Å². The minimum atomic E-state index is -0.237. The second kappa shape index (κ2) is 4.01. The van der Waals surface area contributed by atoms with Crippen LogP contribution in [0.1, 0.15) is 24.9 Å². The number of halogens is 2. The number of benzene rings is 1. The third-order valence-electron chi connectivity index (χ3n) is 1.80. The molecule has 0 spiro atoms. The summed E-state index contributed by atoms with van der Waals surface area (Å²) in [7, 11) is 0. The molecule has 1 atom stereocenters. The normalized spacial score (nSPS) is 13.0. The van der Waals surface area contributed by atoms with Gasteiger partial charge in [0.1, 0.15) is 5.82 Å². The van der Waals surface area contributed by atoms with Crippen LogP contribution >= 0.6 is 15.9 Å². The van der Waals surface area contributed by atoms with Crippen molar-refractivity contribution < 1.29 is 4.39 Å². The zero-order valence-corrected chi connectivity index (χ0v) is 8.44. The molecule has 1 rings (SSSR count). The molecule has 12 heavy (non-hydrogen) atoms. The highest BCUT2D eigenvalue weighted by Crippen LogP contribution is 2.21. The predicted molar refractivity (Wildman–Crippen MR) is 51.3 cm³/mol. The van der Waals surface area contributed by atoms with E-state index in [0.717, 1.165) is 10.9 Å². The molecule has 66 valence electrons. The summed E-state index contributed by atoms with van der Waals surface area (Å²) >= 11 is 3.19. The molecule has 0 heterocycles. The molecule has 0 bridgehead atoms. The SMILES string of the molecule is CC[C@@H](N)c1ccc(Br)cc1F. The first-order valence-electron chi connectivity index (χ1n) is 3.85. The Morgan fingerprint density at radius 1 is 1.58 bits per heavy atom. The molecule has 0 amide bonds. The van der Waals surface area contributed by atoms with Crippen LogP contribution in [0.5, 0.6) is 0 Å². The van der Waals surface area contributed by atoms with E-state index < -0.39 is 0 Å². The van der Waals surface area contributed by atoms with Gasteiger partial charge in [-0.3, -0.25) is 0 Å². The fourth-order valence-corrected chi connectivity index (χ4v) is 1.36. The molecule has 0 aliphatic carbocycles.